The van der Waals surface area contributed by atoms with E-state index in [1.165, 1.54) is 98.7 Å². The van der Waals surface area contributed by atoms with Crippen molar-refractivity contribution < 1.29 is 0 Å². The number of benzene rings is 11. The fraction of sp³-hybridized carbons (Fsp3) is 0.0333. The van der Waals surface area contributed by atoms with Gasteiger partial charge in [-0.2, -0.15) is 0 Å². The number of fused-ring (bicyclic) bond motifs is 7. The molecular weight excluding hydrogens is 735 g/mol. The van der Waals surface area contributed by atoms with E-state index in [-0.39, 0.29) is 0 Å². The second-order valence-corrected chi connectivity index (χ2v) is 16.2. The highest BCUT2D eigenvalue weighted by Crippen LogP contribution is 2.50. The zero-order chi connectivity index (χ0) is 40.9. The summed E-state index contributed by atoms with van der Waals surface area (Å²) in [7, 11) is 0. The number of hydrogen-bond acceptors (Lipinski definition) is 1. The van der Waals surface area contributed by atoms with E-state index in [4.69, 9.17) is 0 Å². The Balaban J connectivity index is 1.24. The molecule has 61 heavy (non-hydrogen) atoms. The van der Waals surface area contributed by atoms with Crippen LogP contribution in [0.5, 0.6) is 0 Å². The molecule has 0 aliphatic rings. The van der Waals surface area contributed by atoms with Gasteiger partial charge in [0, 0.05) is 17.1 Å². The van der Waals surface area contributed by atoms with Gasteiger partial charge in [0.05, 0.1) is 0 Å². The Labute approximate surface area is 357 Å². The van der Waals surface area contributed by atoms with E-state index in [9.17, 15) is 0 Å². The van der Waals surface area contributed by atoms with Gasteiger partial charge in [-0.25, -0.2) is 0 Å². The molecule has 288 valence electrons. The molecule has 0 amide bonds. The van der Waals surface area contributed by atoms with Gasteiger partial charge in [-0.15, -0.1) is 0 Å². The van der Waals surface area contributed by atoms with Crippen molar-refractivity contribution in [1.29, 1.82) is 0 Å². The molecule has 0 atom stereocenters. The summed E-state index contributed by atoms with van der Waals surface area (Å²) in [6, 6.07) is 82.6. The van der Waals surface area contributed by atoms with Crippen LogP contribution in [0.3, 0.4) is 0 Å². The van der Waals surface area contributed by atoms with Crippen molar-refractivity contribution in [2.45, 2.75) is 13.8 Å². The van der Waals surface area contributed by atoms with Crippen LogP contribution < -0.4 is 4.90 Å². The Morgan fingerprint density at radius 3 is 1.54 bits per heavy atom. The van der Waals surface area contributed by atoms with Crippen LogP contribution in [0.15, 0.2) is 224 Å². The second-order valence-electron chi connectivity index (χ2n) is 16.2. The number of hydrogen-bond donors (Lipinski definition) is 0. The third kappa shape index (κ3) is 6.43. The first-order valence-corrected chi connectivity index (χ1v) is 21.2. The Morgan fingerprint density at radius 1 is 0.279 bits per heavy atom. The lowest BCUT2D eigenvalue weighted by Crippen LogP contribution is -2.10. The zero-order valence-electron chi connectivity index (χ0n) is 34.3. The smallest absolute Gasteiger partial charge is 0.0468 e. The van der Waals surface area contributed by atoms with Crippen LogP contribution in [0.25, 0.3) is 87.6 Å². The van der Waals surface area contributed by atoms with Crippen molar-refractivity contribution in [1.82, 2.24) is 0 Å². The monoisotopic (exact) mass is 777 g/mol. The van der Waals surface area contributed by atoms with Crippen LogP contribution in [0.4, 0.5) is 17.1 Å². The first-order valence-electron chi connectivity index (χ1n) is 21.2. The second kappa shape index (κ2) is 15.1. The maximum absolute atomic E-state index is 2.45. The van der Waals surface area contributed by atoms with Crippen molar-refractivity contribution >= 4 is 60.2 Å². The Kier molecular flexibility index (Phi) is 9.02. The fourth-order valence-electron chi connectivity index (χ4n) is 9.69. The summed E-state index contributed by atoms with van der Waals surface area (Å²) in [6.07, 6.45) is 0. The van der Waals surface area contributed by atoms with Gasteiger partial charge in [-0.1, -0.05) is 182 Å². The van der Waals surface area contributed by atoms with Crippen LogP contribution in [0.2, 0.25) is 0 Å². The van der Waals surface area contributed by atoms with Gasteiger partial charge in [0.2, 0.25) is 0 Å². The summed E-state index contributed by atoms with van der Waals surface area (Å²) < 4.78 is 0. The molecule has 0 radical (unpaired) electrons. The first kappa shape index (κ1) is 36.3. The van der Waals surface area contributed by atoms with Crippen molar-refractivity contribution in [3.63, 3.8) is 0 Å². The first-order chi connectivity index (χ1) is 30.1. The zero-order valence-corrected chi connectivity index (χ0v) is 34.3. The molecule has 1 nitrogen and oxygen atoms in total. The number of nitrogens with zero attached hydrogens (tertiary/aromatic N) is 1. The Morgan fingerprint density at radius 2 is 0.820 bits per heavy atom. The van der Waals surface area contributed by atoms with Crippen molar-refractivity contribution in [3.8, 4) is 44.5 Å². The van der Waals surface area contributed by atoms with Crippen LogP contribution in [0, 0.1) is 13.8 Å². The highest BCUT2D eigenvalue weighted by molar-refractivity contribution is 6.33. The number of rotatable bonds is 7. The molecule has 0 spiro atoms. The SMILES string of the molecule is Cc1cc(C)cc(N(c2cccc(-c3cccc4ccccc34)c2)c2ccc3c(c2)c2ccccc2c2c(-c4ccccc4)cc(-c4ccccc4)c(-c4ccccc4)c32)c1. The third-order valence-corrected chi connectivity index (χ3v) is 12.2. The van der Waals surface area contributed by atoms with Gasteiger partial charge >= 0.3 is 0 Å². The van der Waals surface area contributed by atoms with Crippen LogP contribution in [-0.4, -0.2) is 0 Å². The minimum Gasteiger partial charge on any atom is -0.310 e. The van der Waals surface area contributed by atoms with Crippen LogP contribution in [-0.2, 0) is 0 Å². The van der Waals surface area contributed by atoms with E-state index in [1.54, 1.807) is 0 Å². The molecule has 0 aliphatic carbocycles. The summed E-state index contributed by atoms with van der Waals surface area (Å²) >= 11 is 0. The normalized spacial score (nSPS) is 11.4. The van der Waals surface area contributed by atoms with Gasteiger partial charge in [0.25, 0.3) is 0 Å². The lowest BCUT2D eigenvalue weighted by atomic mass is 9.81. The average Bonchev–Trinajstić information content (AvgIpc) is 3.31. The lowest BCUT2D eigenvalue weighted by Gasteiger charge is -2.28. The lowest BCUT2D eigenvalue weighted by molar-refractivity contribution is 1.26. The van der Waals surface area contributed by atoms with Gasteiger partial charge in [-0.3, -0.25) is 0 Å². The molecule has 0 bridgehead atoms. The van der Waals surface area contributed by atoms with E-state index in [0.717, 1.165) is 17.1 Å². The topological polar surface area (TPSA) is 3.24 Å². The number of anilines is 3. The van der Waals surface area contributed by atoms with Crippen molar-refractivity contribution in [2.75, 3.05) is 4.90 Å². The van der Waals surface area contributed by atoms with E-state index >= 15 is 0 Å². The highest BCUT2D eigenvalue weighted by Gasteiger charge is 2.23. The standard InChI is InChI=1S/C60H43N/c1-40-34-41(2)36-49(35-40)61(47-27-16-26-46(37-47)51-31-17-25-42-22-12-13-28-50(42)51)48-32-33-54-57(38-48)52-29-14-15-30-53(52)59-56(44-20-8-4-9-21-44)39-55(43-18-6-3-7-19-43)58(60(54)59)45-23-10-5-11-24-45/h3-39H,1-2H3. The fourth-order valence-corrected chi connectivity index (χ4v) is 9.69. The van der Waals surface area contributed by atoms with E-state index in [2.05, 4.69) is 243 Å². The van der Waals surface area contributed by atoms with E-state index < -0.39 is 0 Å². The molecule has 0 saturated carbocycles. The highest BCUT2D eigenvalue weighted by atomic mass is 15.1. The van der Waals surface area contributed by atoms with Crippen molar-refractivity contribution in [3.05, 3.63) is 236 Å². The Hall–Kier alpha value is -7.74. The molecule has 1 heteroatoms. The molecule has 0 unspecified atom stereocenters. The van der Waals surface area contributed by atoms with E-state index in [1.807, 2.05) is 0 Å². The average molecular weight is 778 g/mol. The number of aryl methyl sites for hydroxylation is 2. The Bertz CT molecular complexity index is 3400. The summed E-state index contributed by atoms with van der Waals surface area (Å²) in [4.78, 5) is 2.45. The summed E-state index contributed by atoms with van der Waals surface area (Å²) in [5, 5.41) is 9.97. The molecule has 0 aliphatic heterocycles. The molecule has 11 aromatic rings. The summed E-state index contributed by atoms with van der Waals surface area (Å²) in [5.41, 5.74) is 15.6. The predicted octanol–water partition coefficient (Wildman–Crippen LogP) is 17.1. The molecule has 0 aromatic heterocycles. The molecule has 0 N–H and O–H groups in total. The van der Waals surface area contributed by atoms with Crippen molar-refractivity contribution in [2.24, 2.45) is 0 Å². The molecular formula is C60H43N. The van der Waals surface area contributed by atoms with Gasteiger partial charge in [0.1, 0.15) is 0 Å². The molecule has 0 saturated heterocycles. The van der Waals surface area contributed by atoms with Crippen LogP contribution in [0.1, 0.15) is 11.1 Å². The van der Waals surface area contributed by atoms with E-state index in [0.29, 0.717) is 0 Å². The molecule has 11 aromatic carbocycles. The quantitative estimate of drug-likeness (QED) is 0.146. The molecule has 11 rings (SSSR count). The maximum Gasteiger partial charge on any atom is 0.0468 e. The summed E-state index contributed by atoms with van der Waals surface area (Å²) in [6.45, 7) is 4.39. The summed E-state index contributed by atoms with van der Waals surface area (Å²) in [5.74, 6) is 0. The van der Waals surface area contributed by atoms with Gasteiger partial charge in [-0.05, 0) is 155 Å². The molecule has 0 fully saturated rings. The largest absolute Gasteiger partial charge is 0.310 e. The van der Waals surface area contributed by atoms with Gasteiger partial charge < -0.3 is 4.90 Å². The maximum atomic E-state index is 2.45. The minimum absolute atomic E-state index is 1.11. The minimum atomic E-state index is 1.11. The molecule has 0 heterocycles. The van der Waals surface area contributed by atoms with Gasteiger partial charge in [0.15, 0.2) is 0 Å². The third-order valence-electron chi connectivity index (χ3n) is 12.2. The van der Waals surface area contributed by atoms with Crippen LogP contribution >= 0.6 is 0 Å². The predicted molar refractivity (Wildman–Crippen MR) is 262 cm³/mol.